The lowest BCUT2D eigenvalue weighted by molar-refractivity contribution is -0.147. The average molecular weight is 340 g/mol. The summed E-state index contributed by atoms with van der Waals surface area (Å²) in [6, 6.07) is 0. The highest BCUT2D eigenvalue weighted by Gasteiger charge is 2.55. The molecule has 23 heavy (non-hydrogen) atoms. The topological polar surface area (TPSA) is 115 Å². The summed E-state index contributed by atoms with van der Waals surface area (Å²) in [5, 5.41) is 12.2. The molecule has 1 aromatic heterocycles. The molecule has 1 amide bonds. The summed E-state index contributed by atoms with van der Waals surface area (Å²) < 4.78 is 10.2. The number of fused-ring (bicyclic) bond motifs is 2. The number of carbonyl (C=O) groups excluding carboxylic acids is 2. The number of amides is 1. The molecule has 1 aromatic rings. The Morgan fingerprint density at radius 1 is 1.30 bits per heavy atom. The molecule has 3 rings (SSSR count). The van der Waals surface area contributed by atoms with E-state index in [4.69, 9.17) is 4.74 Å². The standard InChI is InChI=1S/C14H16N2O6S/c1-5-10(13(20)21-2)23-14(15-5)16-11(17)8-6-3-4-7(22-6)9(8)12(18)19/h6-9H,3-4H2,1-2H3,(H,18,19)(H,15,16,17). The number of carbonyl (C=O) groups is 3. The Labute approximate surface area is 135 Å². The van der Waals surface area contributed by atoms with Gasteiger partial charge in [0.25, 0.3) is 0 Å². The summed E-state index contributed by atoms with van der Waals surface area (Å²) in [7, 11) is 1.27. The number of hydrogen-bond acceptors (Lipinski definition) is 7. The number of thiazole rings is 1. The number of aryl methyl sites for hydroxylation is 1. The largest absolute Gasteiger partial charge is 0.481 e. The van der Waals surface area contributed by atoms with E-state index in [-0.39, 0.29) is 11.2 Å². The molecular weight excluding hydrogens is 324 g/mol. The maximum Gasteiger partial charge on any atom is 0.350 e. The molecule has 8 nitrogen and oxygen atoms in total. The van der Waals surface area contributed by atoms with Crippen LogP contribution in [0.3, 0.4) is 0 Å². The van der Waals surface area contributed by atoms with E-state index in [1.54, 1.807) is 6.92 Å². The molecule has 2 aliphatic rings. The number of rotatable bonds is 4. The molecule has 2 fully saturated rings. The Morgan fingerprint density at radius 2 is 1.96 bits per heavy atom. The van der Waals surface area contributed by atoms with Gasteiger partial charge in [0.05, 0.1) is 36.8 Å². The van der Waals surface area contributed by atoms with Gasteiger partial charge in [-0.3, -0.25) is 9.59 Å². The molecule has 2 saturated heterocycles. The summed E-state index contributed by atoms with van der Waals surface area (Å²) in [6.07, 6.45) is 0.560. The number of hydrogen-bond donors (Lipinski definition) is 2. The third-order valence-electron chi connectivity index (χ3n) is 4.26. The fraction of sp³-hybridized carbons (Fsp3) is 0.571. The van der Waals surface area contributed by atoms with Gasteiger partial charge in [0.1, 0.15) is 4.88 Å². The SMILES string of the molecule is COC(=O)c1sc(NC(=O)C2C3CCC(O3)C2C(=O)O)nc1C. The third kappa shape index (κ3) is 2.70. The first-order valence-electron chi connectivity index (χ1n) is 7.17. The predicted molar refractivity (Wildman–Crippen MR) is 79.3 cm³/mol. The molecule has 0 aromatic carbocycles. The van der Waals surface area contributed by atoms with E-state index in [1.165, 1.54) is 7.11 Å². The fourth-order valence-corrected chi connectivity index (χ4v) is 4.13. The minimum Gasteiger partial charge on any atom is -0.481 e. The van der Waals surface area contributed by atoms with Crippen molar-refractivity contribution < 1.29 is 29.0 Å². The van der Waals surface area contributed by atoms with E-state index in [9.17, 15) is 19.5 Å². The van der Waals surface area contributed by atoms with E-state index in [0.29, 0.717) is 23.4 Å². The summed E-state index contributed by atoms with van der Waals surface area (Å²) in [5.74, 6) is -3.56. The van der Waals surface area contributed by atoms with Crippen molar-refractivity contribution in [1.29, 1.82) is 0 Å². The second-order valence-corrected chi connectivity index (χ2v) is 6.59. The van der Waals surface area contributed by atoms with Crippen LogP contribution in [0.4, 0.5) is 5.13 Å². The summed E-state index contributed by atoms with van der Waals surface area (Å²) in [5.41, 5.74) is 0.455. The zero-order chi connectivity index (χ0) is 16.7. The second kappa shape index (κ2) is 5.89. The van der Waals surface area contributed by atoms with Crippen LogP contribution < -0.4 is 5.32 Å². The number of aliphatic carboxylic acids is 1. The zero-order valence-electron chi connectivity index (χ0n) is 12.6. The highest BCUT2D eigenvalue weighted by Crippen LogP contribution is 2.44. The van der Waals surface area contributed by atoms with Gasteiger partial charge < -0.3 is 19.9 Å². The number of carboxylic acids is 1. The van der Waals surface area contributed by atoms with Crippen LogP contribution in [0, 0.1) is 18.8 Å². The van der Waals surface area contributed by atoms with Gasteiger partial charge in [-0.25, -0.2) is 9.78 Å². The maximum absolute atomic E-state index is 12.5. The highest BCUT2D eigenvalue weighted by molar-refractivity contribution is 7.17. The molecule has 3 heterocycles. The number of esters is 1. The molecule has 4 atom stereocenters. The van der Waals surface area contributed by atoms with E-state index in [0.717, 1.165) is 11.3 Å². The van der Waals surface area contributed by atoms with Crippen LogP contribution in [0.2, 0.25) is 0 Å². The number of nitrogens with zero attached hydrogens (tertiary/aromatic N) is 1. The number of nitrogens with one attached hydrogen (secondary N) is 1. The molecule has 124 valence electrons. The monoisotopic (exact) mass is 340 g/mol. The van der Waals surface area contributed by atoms with Crippen molar-refractivity contribution in [2.24, 2.45) is 11.8 Å². The lowest BCUT2D eigenvalue weighted by Gasteiger charge is -2.23. The first-order chi connectivity index (χ1) is 10.9. The molecule has 9 heteroatoms. The Hall–Kier alpha value is -2.00. The van der Waals surface area contributed by atoms with Gasteiger partial charge in [0, 0.05) is 0 Å². The van der Waals surface area contributed by atoms with E-state index >= 15 is 0 Å². The number of carboxylic acid groups (broad SMARTS) is 1. The van der Waals surface area contributed by atoms with Crippen molar-refractivity contribution in [2.75, 3.05) is 12.4 Å². The van der Waals surface area contributed by atoms with Gasteiger partial charge in [-0.15, -0.1) is 0 Å². The smallest absolute Gasteiger partial charge is 0.350 e. The Balaban J connectivity index is 1.77. The minimum absolute atomic E-state index is 0.250. The Kier molecular flexibility index (Phi) is 4.07. The molecule has 0 spiro atoms. The van der Waals surface area contributed by atoms with E-state index in [1.807, 2.05) is 0 Å². The first-order valence-corrected chi connectivity index (χ1v) is 7.99. The van der Waals surface area contributed by atoms with Gasteiger partial charge in [-0.1, -0.05) is 11.3 Å². The first kappa shape index (κ1) is 15.9. The maximum atomic E-state index is 12.5. The molecule has 0 radical (unpaired) electrons. The lowest BCUT2D eigenvalue weighted by Crippen LogP contribution is -2.40. The number of ether oxygens (including phenoxy) is 2. The number of anilines is 1. The van der Waals surface area contributed by atoms with Gasteiger partial charge in [-0.05, 0) is 19.8 Å². The normalized spacial score (nSPS) is 28.6. The van der Waals surface area contributed by atoms with Crippen molar-refractivity contribution >= 4 is 34.3 Å². The van der Waals surface area contributed by atoms with Crippen molar-refractivity contribution in [1.82, 2.24) is 4.98 Å². The molecule has 0 saturated carbocycles. The Bertz CT molecular complexity index is 672. The van der Waals surface area contributed by atoms with Gasteiger partial charge in [0.2, 0.25) is 5.91 Å². The fourth-order valence-electron chi connectivity index (χ4n) is 3.25. The number of methoxy groups -OCH3 is 1. The van der Waals surface area contributed by atoms with Crippen LogP contribution in [-0.4, -0.2) is 47.3 Å². The highest BCUT2D eigenvalue weighted by atomic mass is 32.1. The van der Waals surface area contributed by atoms with E-state index < -0.39 is 35.8 Å². The molecule has 2 bridgehead atoms. The molecular formula is C14H16N2O6S. The molecule has 2 N–H and O–H groups in total. The van der Waals surface area contributed by atoms with Crippen molar-refractivity contribution in [3.05, 3.63) is 10.6 Å². The Morgan fingerprint density at radius 3 is 2.57 bits per heavy atom. The summed E-state index contributed by atoms with van der Waals surface area (Å²) in [6.45, 7) is 1.64. The predicted octanol–water partition coefficient (Wildman–Crippen LogP) is 1.05. The molecule has 4 unspecified atom stereocenters. The van der Waals surface area contributed by atoms with E-state index in [2.05, 4.69) is 15.0 Å². The van der Waals surface area contributed by atoms with Crippen LogP contribution in [-0.2, 0) is 19.1 Å². The minimum atomic E-state index is -1.03. The zero-order valence-corrected chi connectivity index (χ0v) is 13.4. The van der Waals surface area contributed by atoms with Crippen molar-refractivity contribution in [3.63, 3.8) is 0 Å². The van der Waals surface area contributed by atoms with Crippen LogP contribution in [0.15, 0.2) is 0 Å². The van der Waals surface area contributed by atoms with Crippen LogP contribution in [0.25, 0.3) is 0 Å². The van der Waals surface area contributed by atoms with Crippen molar-refractivity contribution in [3.8, 4) is 0 Å². The van der Waals surface area contributed by atoms with Gasteiger partial charge >= 0.3 is 11.9 Å². The quantitative estimate of drug-likeness (QED) is 0.787. The van der Waals surface area contributed by atoms with Crippen LogP contribution >= 0.6 is 11.3 Å². The van der Waals surface area contributed by atoms with Crippen LogP contribution in [0.1, 0.15) is 28.2 Å². The van der Waals surface area contributed by atoms with Gasteiger partial charge in [0.15, 0.2) is 5.13 Å². The summed E-state index contributed by atoms with van der Waals surface area (Å²) in [4.78, 5) is 39.9. The average Bonchev–Trinajstić information content (AvgIpc) is 3.19. The second-order valence-electron chi connectivity index (χ2n) is 5.59. The molecule has 2 aliphatic heterocycles. The van der Waals surface area contributed by atoms with Gasteiger partial charge in [-0.2, -0.15) is 0 Å². The third-order valence-corrected chi connectivity index (χ3v) is 5.31. The molecule has 0 aliphatic carbocycles. The number of aromatic nitrogens is 1. The van der Waals surface area contributed by atoms with Crippen LogP contribution in [0.5, 0.6) is 0 Å². The summed E-state index contributed by atoms with van der Waals surface area (Å²) >= 11 is 1.00. The lowest BCUT2D eigenvalue weighted by atomic mass is 9.79. The van der Waals surface area contributed by atoms with Crippen molar-refractivity contribution in [2.45, 2.75) is 32.0 Å².